The van der Waals surface area contributed by atoms with Gasteiger partial charge >= 0.3 is 12.1 Å². The molecule has 5 nitrogen and oxygen atoms in total. The van der Waals surface area contributed by atoms with Gasteiger partial charge < -0.3 is 15.2 Å². The third-order valence-electron chi connectivity index (χ3n) is 3.71. The van der Waals surface area contributed by atoms with Crippen LogP contribution in [0, 0.1) is 5.92 Å². The first-order valence-corrected chi connectivity index (χ1v) is 8.43. The van der Waals surface area contributed by atoms with E-state index < -0.39 is 23.6 Å². The van der Waals surface area contributed by atoms with Crippen LogP contribution in [-0.2, 0) is 16.0 Å². The smallest absolute Gasteiger partial charge is 0.407 e. The number of hydrogen-bond acceptors (Lipinski definition) is 3. The number of benzene rings is 1. The number of alkyl carbamates (subject to hydrolysis) is 1. The van der Waals surface area contributed by atoms with Crippen molar-refractivity contribution in [1.29, 1.82) is 0 Å². The van der Waals surface area contributed by atoms with Crippen LogP contribution in [0.5, 0.6) is 0 Å². The summed E-state index contributed by atoms with van der Waals surface area (Å²) in [6.45, 7) is 7.14. The van der Waals surface area contributed by atoms with Gasteiger partial charge in [-0.05, 0) is 52.0 Å². The zero-order valence-corrected chi connectivity index (χ0v) is 15.0. The molecule has 0 unspecified atom stereocenters. The average molecular weight is 335 g/mol. The normalized spacial score (nSPS) is 13.8. The molecule has 1 aromatic carbocycles. The number of nitrogens with one attached hydrogen (secondary N) is 1. The maximum absolute atomic E-state index is 12.0. The minimum Gasteiger partial charge on any atom is -0.481 e. The van der Waals surface area contributed by atoms with E-state index >= 15 is 0 Å². The zero-order chi connectivity index (χ0) is 18.2. The first-order valence-electron chi connectivity index (χ1n) is 8.43. The number of aryl methyl sites for hydroxylation is 1. The highest BCUT2D eigenvalue weighted by molar-refractivity contribution is 5.69. The summed E-state index contributed by atoms with van der Waals surface area (Å²) in [5.41, 5.74) is 0.641. The van der Waals surface area contributed by atoms with Crippen molar-refractivity contribution >= 4 is 12.1 Å². The fourth-order valence-corrected chi connectivity index (χ4v) is 2.32. The van der Waals surface area contributed by atoms with Gasteiger partial charge in [-0.15, -0.1) is 0 Å². The summed E-state index contributed by atoms with van der Waals surface area (Å²) in [6, 6.07) is 9.92. The highest BCUT2D eigenvalue weighted by Crippen LogP contribution is 2.15. The Labute approximate surface area is 144 Å². The molecular formula is C19H29NO4. The molecule has 1 rings (SSSR count). The molecule has 134 valence electrons. The van der Waals surface area contributed by atoms with Crippen LogP contribution in [0.4, 0.5) is 4.79 Å². The van der Waals surface area contributed by atoms with E-state index in [1.807, 2.05) is 51.1 Å². The average Bonchev–Trinajstić information content (AvgIpc) is 2.48. The molecule has 0 radical (unpaired) electrons. The molecule has 24 heavy (non-hydrogen) atoms. The van der Waals surface area contributed by atoms with Crippen molar-refractivity contribution in [2.75, 3.05) is 0 Å². The summed E-state index contributed by atoms with van der Waals surface area (Å²) in [6.07, 6.45) is 2.24. The fourth-order valence-electron chi connectivity index (χ4n) is 2.32. The Morgan fingerprint density at radius 1 is 1.12 bits per heavy atom. The number of ether oxygens (including phenoxy) is 1. The zero-order valence-electron chi connectivity index (χ0n) is 15.0. The number of aliphatic carboxylic acids is 1. The second-order valence-electron chi connectivity index (χ2n) is 7.18. The predicted octanol–water partition coefficient (Wildman–Crippen LogP) is 4.01. The van der Waals surface area contributed by atoms with Crippen molar-refractivity contribution in [2.24, 2.45) is 5.92 Å². The molecule has 0 fully saturated rings. The summed E-state index contributed by atoms with van der Waals surface area (Å²) in [4.78, 5) is 23.0. The summed E-state index contributed by atoms with van der Waals surface area (Å²) in [5, 5.41) is 11.9. The lowest BCUT2D eigenvalue weighted by Crippen LogP contribution is -2.39. The van der Waals surface area contributed by atoms with Crippen LogP contribution in [0.1, 0.15) is 52.5 Å². The molecule has 0 aliphatic carbocycles. The van der Waals surface area contributed by atoms with E-state index in [1.54, 1.807) is 6.92 Å². The van der Waals surface area contributed by atoms with Gasteiger partial charge in [0.25, 0.3) is 0 Å². The summed E-state index contributed by atoms with van der Waals surface area (Å²) in [5.74, 6) is -1.24. The highest BCUT2D eigenvalue weighted by atomic mass is 16.6. The molecule has 2 atom stereocenters. The maximum atomic E-state index is 12.0. The van der Waals surface area contributed by atoms with Crippen molar-refractivity contribution in [2.45, 2.75) is 65.0 Å². The maximum Gasteiger partial charge on any atom is 0.407 e. The fraction of sp³-hybridized carbons (Fsp3) is 0.579. The van der Waals surface area contributed by atoms with Gasteiger partial charge in [0.05, 0.1) is 5.92 Å². The van der Waals surface area contributed by atoms with Gasteiger partial charge in [-0.2, -0.15) is 0 Å². The molecule has 0 bridgehead atoms. The van der Waals surface area contributed by atoms with Crippen molar-refractivity contribution in [3.05, 3.63) is 35.9 Å². The third kappa shape index (κ3) is 8.56. The predicted molar refractivity (Wildman–Crippen MR) is 94.0 cm³/mol. The van der Waals surface area contributed by atoms with Crippen LogP contribution in [0.2, 0.25) is 0 Å². The standard InChI is InChI=1S/C19H29NO4/c1-14(17(21)22)10-12-16(20-18(23)24-19(2,3)4)13-11-15-8-6-5-7-9-15/h5-9,14,16H,10-13H2,1-4H3,(H,20,23)(H,21,22)/t14-,16+/m1/s1. The topological polar surface area (TPSA) is 75.6 Å². The Balaban J connectivity index is 2.60. The van der Waals surface area contributed by atoms with Crippen LogP contribution in [0.3, 0.4) is 0 Å². The van der Waals surface area contributed by atoms with E-state index in [4.69, 9.17) is 9.84 Å². The molecule has 0 heterocycles. The first-order chi connectivity index (χ1) is 11.2. The third-order valence-corrected chi connectivity index (χ3v) is 3.71. The van der Waals surface area contributed by atoms with Gasteiger partial charge in [-0.1, -0.05) is 37.3 Å². The largest absolute Gasteiger partial charge is 0.481 e. The number of rotatable bonds is 8. The van der Waals surface area contributed by atoms with Gasteiger partial charge in [0.15, 0.2) is 0 Å². The van der Waals surface area contributed by atoms with Gasteiger partial charge in [-0.3, -0.25) is 4.79 Å². The summed E-state index contributed by atoms with van der Waals surface area (Å²) < 4.78 is 5.31. The van der Waals surface area contributed by atoms with E-state index in [-0.39, 0.29) is 6.04 Å². The Morgan fingerprint density at radius 3 is 2.29 bits per heavy atom. The van der Waals surface area contributed by atoms with Crippen LogP contribution in [-0.4, -0.2) is 28.8 Å². The molecule has 0 saturated heterocycles. The number of hydrogen-bond donors (Lipinski definition) is 2. The number of carbonyl (C=O) groups excluding carboxylic acids is 1. The quantitative estimate of drug-likeness (QED) is 0.752. The van der Waals surface area contributed by atoms with Gasteiger partial charge in [-0.25, -0.2) is 4.79 Å². The second-order valence-corrected chi connectivity index (χ2v) is 7.18. The lowest BCUT2D eigenvalue weighted by atomic mass is 9.97. The SMILES string of the molecule is C[C@H](CC[C@@H](CCc1ccccc1)NC(=O)OC(C)(C)C)C(=O)O. The van der Waals surface area contributed by atoms with Gasteiger partial charge in [0.2, 0.25) is 0 Å². The second kappa shape index (κ2) is 9.30. The van der Waals surface area contributed by atoms with Crippen molar-refractivity contribution in [3.63, 3.8) is 0 Å². The molecule has 0 saturated carbocycles. The lowest BCUT2D eigenvalue weighted by Gasteiger charge is -2.24. The molecule has 0 aliphatic rings. The number of amides is 1. The van der Waals surface area contributed by atoms with Gasteiger partial charge in [0.1, 0.15) is 5.60 Å². The van der Waals surface area contributed by atoms with Crippen LogP contribution < -0.4 is 5.32 Å². The molecule has 1 amide bonds. The van der Waals surface area contributed by atoms with E-state index in [2.05, 4.69) is 5.32 Å². The highest BCUT2D eigenvalue weighted by Gasteiger charge is 2.21. The van der Waals surface area contributed by atoms with E-state index in [9.17, 15) is 9.59 Å². The minimum absolute atomic E-state index is 0.109. The molecular weight excluding hydrogens is 306 g/mol. The van der Waals surface area contributed by atoms with Crippen molar-refractivity contribution in [1.82, 2.24) is 5.32 Å². The molecule has 5 heteroatoms. The minimum atomic E-state index is -0.811. The molecule has 0 aromatic heterocycles. The Kier molecular flexibility index (Phi) is 7.75. The van der Waals surface area contributed by atoms with Crippen molar-refractivity contribution in [3.8, 4) is 0 Å². The van der Waals surface area contributed by atoms with E-state index in [0.717, 1.165) is 12.8 Å². The molecule has 0 aliphatic heterocycles. The monoisotopic (exact) mass is 335 g/mol. The van der Waals surface area contributed by atoms with Crippen LogP contribution in [0.25, 0.3) is 0 Å². The Morgan fingerprint density at radius 2 is 1.75 bits per heavy atom. The van der Waals surface area contributed by atoms with Crippen LogP contribution in [0.15, 0.2) is 30.3 Å². The lowest BCUT2D eigenvalue weighted by molar-refractivity contribution is -0.141. The van der Waals surface area contributed by atoms with Gasteiger partial charge in [0, 0.05) is 6.04 Å². The van der Waals surface area contributed by atoms with Crippen LogP contribution >= 0.6 is 0 Å². The Hall–Kier alpha value is -2.04. The summed E-state index contributed by atoms with van der Waals surface area (Å²) in [7, 11) is 0. The van der Waals surface area contributed by atoms with Crippen molar-refractivity contribution < 1.29 is 19.4 Å². The number of carboxylic acid groups (broad SMARTS) is 1. The molecule has 1 aromatic rings. The number of carboxylic acids is 1. The Bertz CT molecular complexity index is 522. The number of carbonyl (C=O) groups is 2. The summed E-state index contributed by atoms with van der Waals surface area (Å²) >= 11 is 0. The molecule has 0 spiro atoms. The first kappa shape index (κ1) is 20.0. The molecule has 2 N–H and O–H groups in total. The van der Waals surface area contributed by atoms with E-state index in [1.165, 1.54) is 5.56 Å². The van der Waals surface area contributed by atoms with E-state index in [0.29, 0.717) is 12.8 Å².